The number of hydrogen-bond donors (Lipinski definition) is 0. The number of ketones is 1. The minimum absolute atomic E-state index is 0.256. The van der Waals surface area contributed by atoms with E-state index in [1.807, 2.05) is 35.4 Å². The summed E-state index contributed by atoms with van der Waals surface area (Å²) in [5, 5.41) is 4.65. The molecular formula is C17H13N5O2. The molecule has 2 aliphatic rings. The number of hydrogen-bond acceptors (Lipinski definition) is 6. The van der Waals surface area contributed by atoms with Gasteiger partial charge in [-0.3, -0.25) is 4.79 Å². The summed E-state index contributed by atoms with van der Waals surface area (Å²) in [5.41, 5.74) is 3.74. The first kappa shape index (κ1) is 13.2. The van der Waals surface area contributed by atoms with E-state index >= 15 is 0 Å². The first-order chi connectivity index (χ1) is 11.8. The molecule has 7 heteroatoms. The van der Waals surface area contributed by atoms with Crippen LogP contribution in [0.25, 0.3) is 17.1 Å². The van der Waals surface area contributed by atoms with Crippen LogP contribution in [0.15, 0.2) is 42.9 Å². The lowest BCUT2D eigenvalue weighted by molar-refractivity contribution is -0.119. The maximum absolute atomic E-state index is 11.1. The van der Waals surface area contributed by atoms with Crippen LogP contribution in [0.5, 0.6) is 5.88 Å². The number of Topliss-reactive ketones (excluding diaryl/α,β-unsaturated/α-hetero) is 1. The van der Waals surface area contributed by atoms with E-state index in [2.05, 4.69) is 15.1 Å². The smallest absolute Gasteiger partial charge is 0.223 e. The van der Waals surface area contributed by atoms with Gasteiger partial charge in [-0.1, -0.05) is 0 Å². The summed E-state index contributed by atoms with van der Waals surface area (Å²) < 4.78 is 7.41. The molecule has 0 saturated carbocycles. The highest BCUT2D eigenvalue weighted by Gasteiger charge is 2.24. The van der Waals surface area contributed by atoms with Gasteiger partial charge in [-0.25, -0.2) is 14.6 Å². The van der Waals surface area contributed by atoms with E-state index in [9.17, 15) is 4.79 Å². The van der Waals surface area contributed by atoms with Gasteiger partial charge >= 0.3 is 0 Å². The molecule has 118 valence electrons. The minimum atomic E-state index is 0.256. The largest absolute Gasteiger partial charge is 0.472 e. The SMILES string of the molecule is O=C1CN(c2ccc(-n3cc4c(n3)-c3cccnc3OC4)nc2)C1. The fourth-order valence-corrected chi connectivity index (χ4v) is 2.95. The zero-order valence-corrected chi connectivity index (χ0v) is 12.7. The number of carbonyl (C=O) groups is 1. The van der Waals surface area contributed by atoms with Crippen LogP contribution in [-0.4, -0.2) is 38.6 Å². The summed E-state index contributed by atoms with van der Waals surface area (Å²) in [6, 6.07) is 7.69. The third kappa shape index (κ3) is 1.98. The van der Waals surface area contributed by atoms with Crippen LogP contribution < -0.4 is 9.64 Å². The fourth-order valence-electron chi connectivity index (χ4n) is 2.95. The van der Waals surface area contributed by atoms with E-state index in [-0.39, 0.29) is 5.78 Å². The van der Waals surface area contributed by atoms with Crippen molar-refractivity contribution in [1.82, 2.24) is 19.7 Å². The first-order valence-electron chi connectivity index (χ1n) is 7.68. The zero-order valence-electron chi connectivity index (χ0n) is 12.7. The van der Waals surface area contributed by atoms with Crippen LogP contribution in [0, 0.1) is 0 Å². The van der Waals surface area contributed by atoms with Gasteiger partial charge in [-0.2, -0.15) is 5.10 Å². The molecule has 1 saturated heterocycles. The third-order valence-corrected chi connectivity index (χ3v) is 4.25. The predicted octanol–water partition coefficient (Wildman–Crippen LogP) is 1.61. The summed E-state index contributed by atoms with van der Waals surface area (Å²) in [6.07, 6.45) is 5.41. The molecule has 0 amide bonds. The Kier molecular flexibility index (Phi) is 2.70. The van der Waals surface area contributed by atoms with E-state index < -0.39 is 0 Å². The van der Waals surface area contributed by atoms with Crippen LogP contribution in [0.1, 0.15) is 5.56 Å². The Morgan fingerprint density at radius 3 is 2.83 bits per heavy atom. The zero-order chi connectivity index (χ0) is 16.1. The van der Waals surface area contributed by atoms with Crippen molar-refractivity contribution in [1.29, 1.82) is 0 Å². The van der Waals surface area contributed by atoms with E-state index in [4.69, 9.17) is 4.74 Å². The molecule has 0 atom stereocenters. The summed E-state index contributed by atoms with van der Waals surface area (Å²) in [5.74, 6) is 1.59. The molecule has 1 fully saturated rings. The highest BCUT2D eigenvalue weighted by molar-refractivity contribution is 5.95. The van der Waals surface area contributed by atoms with Crippen molar-refractivity contribution in [3.63, 3.8) is 0 Å². The van der Waals surface area contributed by atoms with Gasteiger partial charge in [0.05, 0.1) is 30.5 Å². The molecule has 0 aliphatic carbocycles. The van der Waals surface area contributed by atoms with Crippen LogP contribution in [0.3, 0.4) is 0 Å². The maximum atomic E-state index is 11.1. The lowest BCUT2D eigenvalue weighted by atomic mass is 10.1. The standard InChI is InChI=1S/C17H13N5O2/c23-13-8-21(9-13)12-3-4-15(19-6-12)22-7-11-10-24-17-14(16(11)20-22)2-1-5-18-17/h1-7H,8-10H2. The predicted molar refractivity (Wildman–Crippen MR) is 86.1 cm³/mol. The Bertz CT molecular complexity index is 940. The molecule has 0 aromatic carbocycles. The van der Waals surface area contributed by atoms with E-state index in [1.54, 1.807) is 17.1 Å². The van der Waals surface area contributed by atoms with Gasteiger partial charge < -0.3 is 9.64 Å². The summed E-state index contributed by atoms with van der Waals surface area (Å²) in [4.78, 5) is 21.8. The van der Waals surface area contributed by atoms with E-state index in [1.165, 1.54) is 0 Å². The maximum Gasteiger partial charge on any atom is 0.223 e. The average Bonchev–Trinajstić information content (AvgIpc) is 3.04. The highest BCUT2D eigenvalue weighted by atomic mass is 16.5. The Labute approximate surface area is 137 Å². The molecule has 5 rings (SSSR count). The molecule has 3 aromatic rings. The highest BCUT2D eigenvalue weighted by Crippen LogP contribution is 2.34. The molecule has 0 N–H and O–H groups in total. The van der Waals surface area contributed by atoms with Gasteiger partial charge in [0, 0.05) is 18.0 Å². The Balaban J connectivity index is 1.48. The van der Waals surface area contributed by atoms with Gasteiger partial charge in [0.25, 0.3) is 0 Å². The average molecular weight is 319 g/mol. The van der Waals surface area contributed by atoms with Crippen molar-refractivity contribution >= 4 is 11.5 Å². The molecule has 3 aromatic heterocycles. The number of nitrogens with zero attached hydrogens (tertiary/aromatic N) is 5. The van der Waals surface area contributed by atoms with Crippen LogP contribution in [0.4, 0.5) is 5.69 Å². The Morgan fingerprint density at radius 1 is 1.12 bits per heavy atom. The normalized spacial score (nSPS) is 15.3. The number of anilines is 1. The third-order valence-electron chi connectivity index (χ3n) is 4.25. The Morgan fingerprint density at radius 2 is 2.04 bits per heavy atom. The minimum Gasteiger partial charge on any atom is -0.472 e. The second kappa shape index (κ2) is 4.89. The van der Waals surface area contributed by atoms with Gasteiger partial charge in [-0.15, -0.1) is 0 Å². The number of carbonyl (C=O) groups excluding carboxylic acids is 1. The quantitative estimate of drug-likeness (QED) is 0.714. The van der Waals surface area contributed by atoms with Crippen LogP contribution in [0.2, 0.25) is 0 Å². The molecule has 24 heavy (non-hydrogen) atoms. The van der Waals surface area contributed by atoms with Gasteiger partial charge in [0.15, 0.2) is 11.6 Å². The summed E-state index contributed by atoms with van der Waals surface area (Å²) in [6.45, 7) is 1.39. The first-order valence-corrected chi connectivity index (χ1v) is 7.68. The van der Waals surface area contributed by atoms with E-state index in [0.717, 1.165) is 28.3 Å². The number of aromatic nitrogens is 4. The molecule has 7 nitrogen and oxygen atoms in total. The van der Waals surface area contributed by atoms with Crippen molar-refractivity contribution in [3.05, 3.63) is 48.4 Å². The summed E-state index contributed by atoms with van der Waals surface area (Å²) in [7, 11) is 0. The lowest BCUT2D eigenvalue weighted by Crippen LogP contribution is -2.47. The van der Waals surface area contributed by atoms with Crippen molar-refractivity contribution in [3.8, 4) is 23.0 Å². The van der Waals surface area contributed by atoms with Gasteiger partial charge in [-0.05, 0) is 24.3 Å². The molecule has 0 unspecified atom stereocenters. The number of pyridine rings is 2. The number of fused-ring (bicyclic) bond motifs is 3. The monoisotopic (exact) mass is 319 g/mol. The van der Waals surface area contributed by atoms with Crippen molar-refractivity contribution < 1.29 is 9.53 Å². The second-order valence-corrected chi connectivity index (χ2v) is 5.86. The molecule has 0 spiro atoms. The lowest BCUT2D eigenvalue weighted by Gasteiger charge is -2.31. The van der Waals surface area contributed by atoms with Crippen molar-refractivity contribution in [2.75, 3.05) is 18.0 Å². The molecule has 2 aliphatic heterocycles. The molecule has 0 bridgehead atoms. The topological polar surface area (TPSA) is 73.1 Å². The number of rotatable bonds is 2. The summed E-state index contributed by atoms with van der Waals surface area (Å²) >= 11 is 0. The van der Waals surface area contributed by atoms with Crippen LogP contribution in [-0.2, 0) is 11.4 Å². The number of ether oxygens (including phenoxy) is 1. The van der Waals surface area contributed by atoms with Gasteiger partial charge in [0.2, 0.25) is 5.88 Å². The molecule has 0 radical (unpaired) electrons. The second-order valence-electron chi connectivity index (χ2n) is 5.86. The van der Waals surface area contributed by atoms with Crippen molar-refractivity contribution in [2.24, 2.45) is 0 Å². The van der Waals surface area contributed by atoms with Crippen LogP contribution >= 0.6 is 0 Å². The van der Waals surface area contributed by atoms with Crippen molar-refractivity contribution in [2.45, 2.75) is 6.61 Å². The van der Waals surface area contributed by atoms with E-state index in [0.29, 0.717) is 25.6 Å². The fraction of sp³-hybridized carbons (Fsp3) is 0.176. The Hall–Kier alpha value is -3.22. The molecule has 5 heterocycles. The van der Waals surface area contributed by atoms with Gasteiger partial charge in [0.1, 0.15) is 12.3 Å². The molecular weight excluding hydrogens is 306 g/mol.